The van der Waals surface area contributed by atoms with Gasteiger partial charge in [-0.15, -0.1) is 0 Å². The zero-order chi connectivity index (χ0) is 13.1. The van der Waals surface area contributed by atoms with Gasteiger partial charge in [0, 0.05) is 29.8 Å². The van der Waals surface area contributed by atoms with Crippen molar-refractivity contribution < 1.29 is 9.50 Å². The van der Waals surface area contributed by atoms with Crippen LogP contribution >= 0.6 is 15.9 Å². The monoisotopic (exact) mass is 312 g/mol. The lowest BCUT2D eigenvalue weighted by Crippen LogP contribution is -2.08. The molecule has 96 valence electrons. The summed E-state index contributed by atoms with van der Waals surface area (Å²) in [6.07, 6.45) is 3.18. The SMILES string of the molecule is CCn1ccnc1CC(O)c1cc(F)cc(Br)c1. The van der Waals surface area contributed by atoms with Crippen LogP contribution in [0.25, 0.3) is 0 Å². The number of aryl methyl sites for hydroxylation is 1. The first-order chi connectivity index (χ1) is 8.60. The Bertz CT molecular complexity index is 521. The number of aliphatic hydroxyl groups is 1. The second-order valence-corrected chi connectivity index (χ2v) is 4.97. The van der Waals surface area contributed by atoms with E-state index in [2.05, 4.69) is 20.9 Å². The maximum atomic E-state index is 13.3. The van der Waals surface area contributed by atoms with Crippen molar-refractivity contribution in [1.29, 1.82) is 0 Å². The molecule has 0 bridgehead atoms. The highest BCUT2D eigenvalue weighted by Gasteiger charge is 2.13. The average Bonchev–Trinajstić information content (AvgIpc) is 2.75. The van der Waals surface area contributed by atoms with Gasteiger partial charge in [0.2, 0.25) is 0 Å². The van der Waals surface area contributed by atoms with Crippen LogP contribution in [0.2, 0.25) is 0 Å². The predicted octanol–water partition coefficient (Wildman–Crippen LogP) is 3.08. The van der Waals surface area contributed by atoms with Crippen molar-refractivity contribution >= 4 is 15.9 Å². The van der Waals surface area contributed by atoms with Crippen LogP contribution in [0.4, 0.5) is 4.39 Å². The number of imidazole rings is 1. The normalized spacial score (nSPS) is 12.7. The number of aromatic nitrogens is 2. The number of aliphatic hydroxyl groups excluding tert-OH is 1. The van der Waals surface area contributed by atoms with Gasteiger partial charge in [0.1, 0.15) is 11.6 Å². The molecule has 0 aliphatic rings. The van der Waals surface area contributed by atoms with Gasteiger partial charge in [0.25, 0.3) is 0 Å². The zero-order valence-electron chi connectivity index (χ0n) is 9.98. The van der Waals surface area contributed by atoms with Crippen LogP contribution in [0.5, 0.6) is 0 Å². The summed E-state index contributed by atoms with van der Waals surface area (Å²) in [5.41, 5.74) is 0.549. The second kappa shape index (κ2) is 5.63. The van der Waals surface area contributed by atoms with Crippen molar-refractivity contribution in [3.05, 3.63) is 52.3 Å². The molecule has 0 radical (unpaired) electrons. The topological polar surface area (TPSA) is 38.0 Å². The summed E-state index contributed by atoms with van der Waals surface area (Å²) < 4.78 is 15.8. The van der Waals surface area contributed by atoms with Crippen LogP contribution in [0.1, 0.15) is 24.4 Å². The van der Waals surface area contributed by atoms with Crippen molar-refractivity contribution in [2.75, 3.05) is 0 Å². The maximum Gasteiger partial charge on any atom is 0.124 e. The molecule has 1 unspecified atom stereocenters. The molecule has 0 spiro atoms. The summed E-state index contributed by atoms with van der Waals surface area (Å²) in [4.78, 5) is 4.19. The minimum absolute atomic E-state index is 0.364. The van der Waals surface area contributed by atoms with E-state index in [4.69, 9.17) is 0 Å². The summed E-state index contributed by atoms with van der Waals surface area (Å²) in [6, 6.07) is 4.42. The number of hydrogen-bond acceptors (Lipinski definition) is 2. The van der Waals surface area contributed by atoms with Crippen molar-refractivity contribution in [3.8, 4) is 0 Å². The van der Waals surface area contributed by atoms with E-state index >= 15 is 0 Å². The molecule has 1 aromatic carbocycles. The summed E-state index contributed by atoms with van der Waals surface area (Å²) in [5, 5.41) is 10.1. The number of nitrogens with zero attached hydrogens (tertiary/aromatic N) is 2. The number of rotatable bonds is 4. The second-order valence-electron chi connectivity index (χ2n) is 4.05. The van der Waals surface area contributed by atoms with Crippen molar-refractivity contribution in [3.63, 3.8) is 0 Å². The highest BCUT2D eigenvalue weighted by Crippen LogP contribution is 2.22. The van der Waals surface area contributed by atoms with E-state index in [9.17, 15) is 9.50 Å². The molecular weight excluding hydrogens is 299 g/mol. The highest BCUT2D eigenvalue weighted by molar-refractivity contribution is 9.10. The zero-order valence-corrected chi connectivity index (χ0v) is 11.6. The van der Waals surface area contributed by atoms with Gasteiger partial charge < -0.3 is 9.67 Å². The third-order valence-electron chi connectivity index (χ3n) is 2.79. The average molecular weight is 313 g/mol. The maximum absolute atomic E-state index is 13.3. The van der Waals surface area contributed by atoms with E-state index in [0.29, 0.717) is 16.5 Å². The Kier molecular flexibility index (Phi) is 4.14. The fourth-order valence-electron chi connectivity index (χ4n) is 1.88. The number of benzene rings is 1. The molecule has 0 aliphatic heterocycles. The summed E-state index contributed by atoms with van der Waals surface area (Å²) in [5.74, 6) is 0.433. The lowest BCUT2D eigenvalue weighted by Gasteiger charge is -2.12. The quantitative estimate of drug-likeness (QED) is 0.942. The van der Waals surface area contributed by atoms with Crippen LogP contribution in [0, 0.1) is 5.82 Å². The molecule has 1 N–H and O–H groups in total. The molecule has 0 fully saturated rings. The first-order valence-electron chi connectivity index (χ1n) is 5.74. The minimum Gasteiger partial charge on any atom is -0.388 e. The van der Waals surface area contributed by atoms with Gasteiger partial charge in [0.05, 0.1) is 6.10 Å². The molecule has 0 amide bonds. The van der Waals surface area contributed by atoms with Crippen LogP contribution in [0.15, 0.2) is 35.1 Å². The van der Waals surface area contributed by atoms with E-state index in [0.717, 1.165) is 12.4 Å². The van der Waals surface area contributed by atoms with Gasteiger partial charge in [-0.25, -0.2) is 9.37 Å². The summed E-state index contributed by atoms with van der Waals surface area (Å²) >= 11 is 3.22. The third kappa shape index (κ3) is 2.97. The van der Waals surface area contributed by atoms with Gasteiger partial charge in [-0.05, 0) is 30.7 Å². The van der Waals surface area contributed by atoms with Crippen LogP contribution in [0.3, 0.4) is 0 Å². The molecule has 1 atom stereocenters. The van der Waals surface area contributed by atoms with E-state index in [1.54, 1.807) is 12.3 Å². The Morgan fingerprint density at radius 2 is 2.22 bits per heavy atom. The van der Waals surface area contributed by atoms with Gasteiger partial charge in [-0.3, -0.25) is 0 Å². The van der Waals surface area contributed by atoms with Gasteiger partial charge in [0.15, 0.2) is 0 Å². The van der Waals surface area contributed by atoms with Crippen molar-refractivity contribution in [2.45, 2.75) is 26.0 Å². The van der Waals surface area contributed by atoms with Gasteiger partial charge in [-0.2, -0.15) is 0 Å². The molecule has 1 aromatic heterocycles. The van der Waals surface area contributed by atoms with Crippen LogP contribution < -0.4 is 0 Å². The number of hydrogen-bond donors (Lipinski definition) is 1. The Morgan fingerprint density at radius 3 is 2.89 bits per heavy atom. The Hall–Kier alpha value is -1.20. The number of halogens is 2. The molecule has 2 aromatic rings. The molecule has 0 aliphatic carbocycles. The molecule has 0 saturated carbocycles. The fourth-order valence-corrected chi connectivity index (χ4v) is 2.36. The summed E-state index contributed by atoms with van der Waals surface area (Å²) in [6.45, 7) is 2.81. The highest BCUT2D eigenvalue weighted by atomic mass is 79.9. The Morgan fingerprint density at radius 1 is 1.44 bits per heavy atom. The molecular formula is C13H14BrFN2O. The van der Waals surface area contributed by atoms with Gasteiger partial charge >= 0.3 is 0 Å². The third-order valence-corrected chi connectivity index (χ3v) is 3.25. The van der Waals surface area contributed by atoms with Gasteiger partial charge in [-0.1, -0.05) is 15.9 Å². The van der Waals surface area contributed by atoms with E-state index < -0.39 is 6.10 Å². The lowest BCUT2D eigenvalue weighted by atomic mass is 10.1. The predicted molar refractivity (Wildman–Crippen MR) is 70.7 cm³/mol. The van der Waals surface area contributed by atoms with E-state index in [1.807, 2.05) is 17.7 Å². The molecule has 0 saturated heterocycles. The standard InChI is InChI=1S/C13H14BrFN2O/c1-2-17-4-3-16-13(17)8-12(18)9-5-10(14)7-11(15)6-9/h3-7,12,18H,2,8H2,1H3. The first kappa shape index (κ1) is 13.2. The molecule has 3 nitrogen and oxygen atoms in total. The van der Waals surface area contributed by atoms with E-state index in [1.165, 1.54) is 12.1 Å². The Labute approximate surface area is 113 Å². The van der Waals surface area contributed by atoms with E-state index in [-0.39, 0.29) is 5.82 Å². The Balaban J connectivity index is 2.19. The molecule has 2 rings (SSSR count). The largest absolute Gasteiger partial charge is 0.388 e. The van der Waals surface area contributed by atoms with Crippen LogP contribution in [-0.4, -0.2) is 14.7 Å². The van der Waals surface area contributed by atoms with Crippen molar-refractivity contribution in [1.82, 2.24) is 9.55 Å². The van der Waals surface area contributed by atoms with Crippen molar-refractivity contribution in [2.24, 2.45) is 0 Å². The summed E-state index contributed by atoms with van der Waals surface area (Å²) in [7, 11) is 0. The first-order valence-corrected chi connectivity index (χ1v) is 6.53. The smallest absolute Gasteiger partial charge is 0.124 e. The minimum atomic E-state index is -0.760. The fraction of sp³-hybridized carbons (Fsp3) is 0.308. The lowest BCUT2D eigenvalue weighted by molar-refractivity contribution is 0.174. The molecule has 1 heterocycles. The molecule has 18 heavy (non-hydrogen) atoms. The van der Waals surface area contributed by atoms with Crippen LogP contribution in [-0.2, 0) is 13.0 Å². The molecule has 5 heteroatoms.